The lowest BCUT2D eigenvalue weighted by Crippen LogP contribution is -2.40. The first-order chi connectivity index (χ1) is 10.1. The van der Waals surface area contributed by atoms with E-state index in [0.717, 1.165) is 48.4 Å². The maximum Gasteiger partial charge on any atom is 0.345 e. The van der Waals surface area contributed by atoms with Crippen molar-refractivity contribution in [1.29, 1.82) is 0 Å². The molecular weight excluding hydrogens is 264 g/mol. The number of nitrogens with zero attached hydrogens (tertiary/aromatic N) is 2. The van der Waals surface area contributed by atoms with Crippen LogP contribution in [0, 0.1) is 6.92 Å². The van der Waals surface area contributed by atoms with Crippen LogP contribution in [0.5, 0.6) is 0 Å². The number of nitrogens with two attached hydrogens (primary N) is 1. The highest BCUT2D eigenvalue weighted by atomic mass is 16.1. The highest BCUT2D eigenvalue weighted by molar-refractivity contribution is 5.74. The zero-order valence-corrected chi connectivity index (χ0v) is 12.2. The first-order valence-electron chi connectivity index (χ1n) is 7.30. The van der Waals surface area contributed by atoms with Gasteiger partial charge in [-0.2, -0.15) is 4.98 Å². The fourth-order valence-corrected chi connectivity index (χ4v) is 2.79. The summed E-state index contributed by atoms with van der Waals surface area (Å²) in [6.07, 6.45) is 3.60. The molecule has 5 heteroatoms. The number of hydrogen-bond acceptors (Lipinski definition) is 4. The molecular formula is C16H20N4O. The van der Waals surface area contributed by atoms with Gasteiger partial charge in [0.05, 0.1) is 17.6 Å². The molecule has 0 saturated carbocycles. The number of piperidine rings is 1. The Labute approximate surface area is 123 Å². The van der Waals surface area contributed by atoms with Gasteiger partial charge in [0.15, 0.2) is 0 Å². The van der Waals surface area contributed by atoms with Gasteiger partial charge in [-0.05, 0) is 25.8 Å². The van der Waals surface area contributed by atoms with E-state index in [9.17, 15) is 4.79 Å². The molecule has 1 aliphatic heterocycles. The van der Waals surface area contributed by atoms with Crippen LogP contribution in [0.2, 0.25) is 0 Å². The van der Waals surface area contributed by atoms with Crippen molar-refractivity contribution < 1.29 is 0 Å². The van der Waals surface area contributed by atoms with E-state index in [1.807, 2.05) is 25.1 Å². The number of benzene rings is 1. The second-order valence-corrected chi connectivity index (χ2v) is 5.64. The number of nitrogens with one attached hydrogen (secondary N) is 1. The lowest BCUT2D eigenvalue weighted by atomic mass is 10.0. The molecule has 3 rings (SSSR count). The molecule has 1 aliphatic rings. The summed E-state index contributed by atoms with van der Waals surface area (Å²) in [7, 11) is 0. The van der Waals surface area contributed by atoms with Crippen molar-refractivity contribution in [2.75, 3.05) is 18.0 Å². The Balaban J connectivity index is 2.03. The second kappa shape index (κ2) is 5.69. The summed E-state index contributed by atoms with van der Waals surface area (Å²) in [5.41, 5.74) is 9.65. The molecule has 2 heterocycles. The number of aryl methyl sites for hydroxylation is 1. The van der Waals surface area contributed by atoms with E-state index in [1.54, 1.807) is 6.20 Å². The first-order valence-corrected chi connectivity index (χ1v) is 7.30. The molecule has 0 aliphatic carbocycles. The summed E-state index contributed by atoms with van der Waals surface area (Å²) in [6.45, 7) is 3.84. The zero-order valence-electron chi connectivity index (χ0n) is 12.2. The average molecular weight is 284 g/mol. The third kappa shape index (κ3) is 2.97. The van der Waals surface area contributed by atoms with Crippen molar-refractivity contribution in [1.82, 2.24) is 9.97 Å². The molecule has 5 nitrogen and oxygen atoms in total. The highest BCUT2D eigenvalue weighted by Crippen LogP contribution is 2.29. The minimum Gasteiger partial charge on any atom is -0.368 e. The van der Waals surface area contributed by atoms with Gasteiger partial charge in [-0.15, -0.1) is 0 Å². The van der Waals surface area contributed by atoms with E-state index in [2.05, 4.69) is 20.9 Å². The Bertz CT molecular complexity index is 687. The monoisotopic (exact) mass is 284 g/mol. The van der Waals surface area contributed by atoms with Gasteiger partial charge in [0, 0.05) is 24.7 Å². The number of rotatable bonds is 2. The SMILES string of the molecule is Cc1cccc(-c2[nH]c(=O)ncc2N2CCC(N)CC2)c1. The van der Waals surface area contributed by atoms with Crippen molar-refractivity contribution in [3.63, 3.8) is 0 Å². The van der Waals surface area contributed by atoms with Crippen LogP contribution in [0.4, 0.5) is 5.69 Å². The fraction of sp³-hybridized carbons (Fsp3) is 0.375. The fourth-order valence-electron chi connectivity index (χ4n) is 2.79. The average Bonchev–Trinajstić information content (AvgIpc) is 2.48. The molecule has 0 spiro atoms. The molecule has 0 bridgehead atoms. The Kier molecular flexibility index (Phi) is 3.75. The van der Waals surface area contributed by atoms with Gasteiger partial charge >= 0.3 is 5.69 Å². The van der Waals surface area contributed by atoms with Crippen molar-refractivity contribution in [2.24, 2.45) is 5.73 Å². The minimum absolute atomic E-state index is 0.277. The minimum atomic E-state index is -0.316. The van der Waals surface area contributed by atoms with Crippen LogP contribution in [0.3, 0.4) is 0 Å². The van der Waals surface area contributed by atoms with Crippen molar-refractivity contribution in [3.05, 3.63) is 46.5 Å². The highest BCUT2D eigenvalue weighted by Gasteiger charge is 2.20. The van der Waals surface area contributed by atoms with E-state index in [-0.39, 0.29) is 11.7 Å². The molecule has 1 aromatic carbocycles. The predicted octanol–water partition coefficient (Wildman–Crippen LogP) is 1.67. The molecule has 1 saturated heterocycles. The van der Waals surface area contributed by atoms with Gasteiger partial charge < -0.3 is 15.6 Å². The number of H-pyrrole nitrogens is 1. The molecule has 1 fully saturated rings. The smallest absolute Gasteiger partial charge is 0.345 e. The lowest BCUT2D eigenvalue weighted by Gasteiger charge is -2.32. The standard InChI is InChI=1S/C16H20N4O/c1-11-3-2-4-12(9-11)15-14(10-18-16(21)19-15)20-7-5-13(17)6-8-20/h2-4,9-10,13H,5-8,17H2,1H3,(H,18,19,21). The van der Waals surface area contributed by atoms with Gasteiger partial charge in [0.25, 0.3) is 0 Å². The number of anilines is 1. The first kappa shape index (κ1) is 13.8. The van der Waals surface area contributed by atoms with E-state index >= 15 is 0 Å². The largest absolute Gasteiger partial charge is 0.368 e. The molecule has 1 aromatic heterocycles. The predicted molar refractivity (Wildman–Crippen MR) is 84.5 cm³/mol. The Hall–Kier alpha value is -2.14. The topological polar surface area (TPSA) is 75.0 Å². The summed E-state index contributed by atoms with van der Waals surface area (Å²) in [5, 5.41) is 0. The molecule has 21 heavy (non-hydrogen) atoms. The quantitative estimate of drug-likeness (QED) is 0.879. The van der Waals surface area contributed by atoms with Crippen molar-refractivity contribution >= 4 is 5.69 Å². The summed E-state index contributed by atoms with van der Waals surface area (Å²) >= 11 is 0. The Morgan fingerprint density at radius 2 is 2.10 bits per heavy atom. The maximum atomic E-state index is 11.6. The van der Waals surface area contributed by atoms with Crippen LogP contribution in [-0.4, -0.2) is 29.1 Å². The van der Waals surface area contributed by atoms with E-state index in [4.69, 9.17) is 5.73 Å². The van der Waals surface area contributed by atoms with Crippen LogP contribution in [0.25, 0.3) is 11.3 Å². The lowest BCUT2D eigenvalue weighted by molar-refractivity contribution is 0.501. The third-order valence-electron chi connectivity index (χ3n) is 3.98. The summed E-state index contributed by atoms with van der Waals surface area (Å²) in [4.78, 5) is 20.7. The van der Waals surface area contributed by atoms with Gasteiger partial charge in [0.1, 0.15) is 0 Å². The van der Waals surface area contributed by atoms with E-state index < -0.39 is 0 Å². The van der Waals surface area contributed by atoms with Crippen molar-refractivity contribution in [2.45, 2.75) is 25.8 Å². The van der Waals surface area contributed by atoms with Gasteiger partial charge in [0.2, 0.25) is 0 Å². The normalized spacial score (nSPS) is 16.2. The number of aromatic nitrogens is 2. The maximum absolute atomic E-state index is 11.6. The molecule has 3 N–H and O–H groups in total. The van der Waals surface area contributed by atoms with Crippen molar-refractivity contribution in [3.8, 4) is 11.3 Å². The van der Waals surface area contributed by atoms with Crippen LogP contribution in [0.1, 0.15) is 18.4 Å². The summed E-state index contributed by atoms with van der Waals surface area (Å²) in [5.74, 6) is 0. The molecule has 0 radical (unpaired) electrons. The van der Waals surface area contributed by atoms with Gasteiger partial charge in [-0.25, -0.2) is 4.79 Å². The molecule has 2 aromatic rings. The molecule has 0 unspecified atom stereocenters. The van der Waals surface area contributed by atoms with Crippen LogP contribution >= 0.6 is 0 Å². The molecule has 110 valence electrons. The third-order valence-corrected chi connectivity index (χ3v) is 3.98. The van der Waals surface area contributed by atoms with Gasteiger partial charge in [-0.1, -0.05) is 23.8 Å². The molecule has 0 amide bonds. The van der Waals surface area contributed by atoms with Crippen LogP contribution in [-0.2, 0) is 0 Å². The summed E-state index contributed by atoms with van der Waals surface area (Å²) in [6, 6.07) is 8.41. The Morgan fingerprint density at radius 1 is 1.33 bits per heavy atom. The van der Waals surface area contributed by atoms with E-state index in [1.165, 1.54) is 0 Å². The molecule has 0 atom stereocenters. The Morgan fingerprint density at radius 3 is 2.81 bits per heavy atom. The number of aromatic amines is 1. The zero-order chi connectivity index (χ0) is 14.8. The summed E-state index contributed by atoms with van der Waals surface area (Å²) < 4.78 is 0. The van der Waals surface area contributed by atoms with Crippen LogP contribution in [0.15, 0.2) is 35.3 Å². The van der Waals surface area contributed by atoms with Gasteiger partial charge in [-0.3, -0.25) is 0 Å². The second-order valence-electron chi connectivity index (χ2n) is 5.64. The number of hydrogen-bond donors (Lipinski definition) is 2. The van der Waals surface area contributed by atoms with E-state index in [0.29, 0.717) is 0 Å². The van der Waals surface area contributed by atoms with Crippen LogP contribution < -0.4 is 16.3 Å².